The first-order chi connectivity index (χ1) is 3.34. The quantitative estimate of drug-likeness (QED) is 0.427. The Morgan fingerprint density at radius 1 is 1.86 bits per heavy atom. The topological polar surface area (TPSA) is 43.4 Å². The third kappa shape index (κ3) is 0.642. The summed E-state index contributed by atoms with van der Waals surface area (Å²) in [6, 6.07) is -0.319. The predicted octanol–water partition coefficient (Wildman–Crippen LogP) is -0.243. The van der Waals surface area contributed by atoms with Gasteiger partial charge in [-0.2, -0.15) is 0 Å². The van der Waals surface area contributed by atoms with E-state index in [0.717, 1.165) is 11.5 Å². The van der Waals surface area contributed by atoms with Crippen LogP contribution in [0.1, 0.15) is 6.42 Å². The van der Waals surface area contributed by atoms with Gasteiger partial charge in [0.25, 0.3) is 0 Å². The molecule has 0 aromatic rings. The molecule has 0 aromatic heterocycles. The summed E-state index contributed by atoms with van der Waals surface area (Å²) in [6.45, 7) is 0.531. The number of hydrogen-bond acceptors (Lipinski definition) is 3. The van der Waals surface area contributed by atoms with Crippen LogP contribution in [0.15, 0.2) is 0 Å². The van der Waals surface area contributed by atoms with Gasteiger partial charge in [-0.1, -0.05) is 0 Å². The first-order valence-electron chi connectivity index (χ1n) is 2.23. The lowest BCUT2D eigenvalue weighted by Gasteiger charge is -2.43. The molecule has 1 atom stereocenters. The van der Waals surface area contributed by atoms with Crippen molar-refractivity contribution in [1.82, 2.24) is 5.06 Å². The summed E-state index contributed by atoms with van der Waals surface area (Å²) in [4.78, 5) is 9.76. The largest absolute Gasteiger partial charge is 0.785 e. The van der Waals surface area contributed by atoms with Gasteiger partial charge in [-0.15, -0.1) is 0 Å². The van der Waals surface area contributed by atoms with E-state index in [1.165, 1.54) is 0 Å². The second kappa shape index (κ2) is 1.60. The molecule has 1 heterocycles. The van der Waals surface area contributed by atoms with Crippen LogP contribution >= 0.6 is 0 Å². The molecule has 3 nitrogen and oxygen atoms in total. The molecule has 0 N–H and O–H groups in total. The smallest absolute Gasteiger partial charge is 0.136 e. The summed E-state index contributed by atoms with van der Waals surface area (Å²) in [5.41, 5.74) is 0. The van der Waals surface area contributed by atoms with Crippen LogP contribution in [-0.4, -0.2) is 23.9 Å². The highest BCUT2D eigenvalue weighted by molar-refractivity contribution is 5.59. The molecular formula is C4H6NO2-. The second-order valence-corrected chi connectivity index (χ2v) is 1.63. The lowest BCUT2D eigenvalue weighted by Crippen LogP contribution is -2.44. The van der Waals surface area contributed by atoms with Crippen molar-refractivity contribution in [3.63, 3.8) is 0 Å². The molecule has 0 aromatic carbocycles. The van der Waals surface area contributed by atoms with Gasteiger partial charge in [-0.05, 0) is 13.0 Å². The van der Waals surface area contributed by atoms with Gasteiger partial charge in [0.2, 0.25) is 0 Å². The molecule has 0 amide bonds. The second-order valence-electron chi connectivity index (χ2n) is 1.63. The van der Waals surface area contributed by atoms with Crippen molar-refractivity contribution in [3.8, 4) is 0 Å². The molecule has 40 valence electrons. The number of carbonyl (C=O) groups excluding carboxylic acids is 1. The highest BCUT2D eigenvalue weighted by Crippen LogP contribution is 2.11. The van der Waals surface area contributed by atoms with Gasteiger partial charge in [0, 0.05) is 0 Å². The standard InChI is InChI=1S/C4H6NO2/c6-3-4-1-2-5(4)7/h3-4H,1-2H2/q-1. The highest BCUT2D eigenvalue weighted by atomic mass is 16.5. The van der Waals surface area contributed by atoms with E-state index in [1.807, 2.05) is 0 Å². The molecule has 7 heavy (non-hydrogen) atoms. The monoisotopic (exact) mass is 100 g/mol. The number of hydrogen-bond donors (Lipinski definition) is 0. The molecular weight excluding hydrogens is 94.0 g/mol. The fourth-order valence-corrected chi connectivity index (χ4v) is 0.519. The Bertz CT molecular complexity index is 83.8. The molecule has 0 spiro atoms. The normalized spacial score (nSPS) is 31.9. The van der Waals surface area contributed by atoms with E-state index >= 15 is 0 Å². The molecule has 0 saturated carbocycles. The average molecular weight is 100 g/mol. The van der Waals surface area contributed by atoms with E-state index in [2.05, 4.69) is 0 Å². The van der Waals surface area contributed by atoms with Crippen LogP contribution in [-0.2, 0) is 4.79 Å². The fraction of sp³-hybridized carbons (Fsp3) is 0.750. The van der Waals surface area contributed by atoms with Crippen molar-refractivity contribution in [2.24, 2.45) is 0 Å². The zero-order valence-corrected chi connectivity index (χ0v) is 3.83. The van der Waals surface area contributed by atoms with Gasteiger partial charge in [0.05, 0.1) is 6.04 Å². The van der Waals surface area contributed by atoms with E-state index in [-0.39, 0.29) is 6.04 Å². The zero-order valence-electron chi connectivity index (χ0n) is 3.83. The van der Waals surface area contributed by atoms with Gasteiger partial charge in [0.15, 0.2) is 0 Å². The van der Waals surface area contributed by atoms with Crippen LogP contribution in [0.2, 0.25) is 0 Å². The third-order valence-electron chi connectivity index (χ3n) is 1.17. The Kier molecular flexibility index (Phi) is 1.08. The molecule has 1 aliphatic heterocycles. The van der Waals surface area contributed by atoms with Crippen molar-refractivity contribution < 1.29 is 4.79 Å². The summed E-state index contributed by atoms with van der Waals surface area (Å²) in [5.74, 6) is 0. The number of aldehydes is 1. The van der Waals surface area contributed by atoms with Crippen LogP contribution in [0.25, 0.3) is 0 Å². The Balaban J connectivity index is 2.28. The summed E-state index contributed by atoms with van der Waals surface area (Å²) in [5, 5.41) is 10.9. The molecule has 1 unspecified atom stereocenters. The van der Waals surface area contributed by atoms with Gasteiger partial charge in [-0.25, -0.2) is 0 Å². The van der Waals surface area contributed by atoms with Crippen LogP contribution in [0.5, 0.6) is 0 Å². The highest BCUT2D eigenvalue weighted by Gasteiger charge is 2.17. The van der Waals surface area contributed by atoms with Crippen molar-refractivity contribution in [1.29, 1.82) is 0 Å². The van der Waals surface area contributed by atoms with Gasteiger partial charge >= 0.3 is 0 Å². The van der Waals surface area contributed by atoms with E-state index in [4.69, 9.17) is 0 Å². The Hall–Kier alpha value is -0.410. The van der Waals surface area contributed by atoms with E-state index < -0.39 is 0 Å². The van der Waals surface area contributed by atoms with E-state index in [0.29, 0.717) is 12.8 Å². The molecule has 0 bridgehead atoms. The maximum Gasteiger partial charge on any atom is 0.136 e. The number of carbonyl (C=O) groups is 1. The SMILES string of the molecule is O=CC1CCN1[O-]. The number of hydroxylamine groups is 2. The van der Waals surface area contributed by atoms with Gasteiger partial charge in [-0.3, -0.25) is 0 Å². The first-order valence-corrected chi connectivity index (χ1v) is 2.23. The zero-order chi connectivity index (χ0) is 5.28. The Morgan fingerprint density at radius 2 is 2.57 bits per heavy atom. The van der Waals surface area contributed by atoms with Crippen molar-refractivity contribution >= 4 is 6.29 Å². The van der Waals surface area contributed by atoms with E-state index in [9.17, 15) is 10.0 Å². The average Bonchev–Trinajstić information content (AvgIpc) is 1.65. The first kappa shape index (κ1) is 4.74. The molecule has 0 aliphatic carbocycles. The Morgan fingerprint density at radius 3 is 2.57 bits per heavy atom. The maximum atomic E-state index is 10.1. The molecule has 3 heteroatoms. The van der Waals surface area contributed by atoms with Gasteiger partial charge in [0.1, 0.15) is 6.29 Å². The summed E-state index contributed by atoms with van der Waals surface area (Å²) < 4.78 is 0. The predicted molar refractivity (Wildman–Crippen MR) is 24.5 cm³/mol. The minimum Gasteiger partial charge on any atom is -0.785 e. The molecule has 1 fully saturated rings. The summed E-state index contributed by atoms with van der Waals surface area (Å²) >= 11 is 0. The number of nitrogens with zero attached hydrogens (tertiary/aromatic N) is 1. The van der Waals surface area contributed by atoms with Crippen molar-refractivity contribution in [2.75, 3.05) is 6.54 Å². The van der Waals surface area contributed by atoms with Crippen LogP contribution in [0, 0.1) is 5.21 Å². The molecule has 1 aliphatic rings. The van der Waals surface area contributed by atoms with Crippen molar-refractivity contribution in [2.45, 2.75) is 12.5 Å². The van der Waals surface area contributed by atoms with E-state index in [1.54, 1.807) is 0 Å². The molecule has 1 saturated heterocycles. The maximum absolute atomic E-state index is 10.1. The minimum absolute atomic E-state index is 0.319. The van der Waals surface area contributed by atoms with Crippen LogP contribution in [0.3, 0.4) is 0 Å². The summed E-state index contributed by atoms with van der Waals surface area (Å²) in [6.07, 6.45) is 1.43. The lowest BCUT2D eigenvalue weighted by molar-refractivity contribution is -0.114. The number of rotatable bonds is 1. The Labute approximate surface area is 41.5 Å². The minimum atomic E-state index is -0.319. The van der Waals surface area contributed by atoms with Gasteiger partial charge < -0.3 is 15.1 Å². The fourth-order valence-electron chi connectivity index (χ4n) is 0.519. The lowest BCUT2D eigenvalue weighted by atomic mass is 10.1. The van der Waals surface area contributed by atoms with Crippen molar-refractivity contribution in [3.05, 3.63) is 5.21 Å². The third-order valence-corrected chi connectivity index (χ3v) is 1.17. The summed E-state index contributed by atoms with van der Waals surface area (Å²) in [7, 11) is 0. The molecule has 1 rings (SSSR count). The van der Waals surface area contributed by atoms with Crippen LogP contribution < -0.4 is 0 Å². The molecule has 0 radical (unpaired) electrons. The van der Waals surface area contributed by atoms with Crippen LogP contribution in [0.4, 0.5) is 0 Å².